The molecule has 0 rings (SSSR count). The molecule has 67 heavy (non-hydrogen) atoms. The topological polar surface area (TPSA) is 95.9 Å². The second-order valence-corrected chi connectivity index (χ2v) is 20.7. The molecule has 0 radical (unpaired) electrons. The zero-order valence-corrected chi connectivity index (χ0v) is 45.1. The monoisotopic (exact) mass is 944 g/mol. The van der Waals surface area contributed by atoms with Crippen molar-refractivity contribution in [1.29, 1.82) is 0 Å². The second-order valence-electron chi connectivity index (χ2n) is 20.7. The minimum absolute atomic E-state index is 0.00939. The Morgan fingerprint density at radius 3 is 1.19 bits per heavy atom. The summed E-state index contributed by atoms with van der Waals surface area (Å²) in [5.74, 6) is -0.0472. The van der Waals surface area contributed by atoms with Crippen LogP contribution in [0.4, 0.5) is 0 Å². The summed E-state index contributed by atoms with van der Waals surface area (Å²) in [5.41, 5.74) is 0. The maximum absolute atomic E-state index is 12.5. The Labute approximate surface area is 418 Å². The van der Waals surface area contributed by atoms with Crippen molar-refractivity contribution < 1.29 is 24.5 Å². The van der Waals surface area contributed by atoms with Crippen LogP contribution in [-0.2, 0) is 14.3 Å². The highest BCUT2D eigenvalue weighted by molar-refractivity contribution is 5.76. The number of unbranched alkanes of at least 4 members (excludes halogenated alkanes) is 41. The maximum atomic E-state index is 12.5. The van der Waals surface area contributed by atoms with Crippen LogP contribution in [0.15, 0.2) is 24.3 Å². The quantitative estimate of drug-likeness (QED) is 0.0321. The lowest BCUT2D eigenvalue weighted by Crippen LogP contribution is -2.45. The molecule has 0 spiro atoms. The van der Waals surface area contributed by atoms with Crippen LogP contribution in [0.5, 0.6) is 0 Å². The number of hydrogen-bond donors (Lipinski definition) is 3. The molecule has 0 aliphatic heterocycles. The van der Waals surface area contributed by atoms with Gasteiger partial charge in [0, 0.05) is 12.8 Å². The summed E-state index contributed by atoms with van der Waals surface area (Å²) in [5, 5.41) is 23.4. The zero-order chi connectivity index (χ0) is 48.6. The maximum Gasteiger partial charge on any atom is 0.305 e. The van der Waals surface area contributed by atoms with Gasteiger partial charge in [-0.25, -0.2) is 0 Å². The number of ether oxygens (including phenoxy) is 1. The first-order valence-corrected chi connectivity index (χ1v) is 30.1. The van der Waals surface area contributed by atoms with Gasteiger partial charge in [0.25, 0.3) is 0 Å². The SMILES string of the molecule is CCC/C=C\C/C=C\CCCCCCCC(=O)OCCCCCCCCCCCCCCCCCCCC(=O)NC(CO)C(O)CCCCCCCCCCCCCCCCCCCCCC. The number of amides is 1. The van der Waals surface area contributed by atoms with Crippen LogP contribution in [0.3, 0.4) is 0 Å². The highest BCUT2D eigenvalue weighted by Gasteiger charge is 2.20. The van der Waals surface area contributed by atoms with E-state index in [9.17, 15) is 19.8 Å². The van der Waals surface area contributed by atoms with Crippen molar-refractivity contribution in [2.24, 2.45) is 0 Å². The number of hydrogen-bond acceptors (Lipinski definition) is 5. The number of aliphatic hydroxyl groups is 2. The van der Waals surface area contributed by atoms with E-state index in [1.807, 2.05) is 0 Å². The van der Waals surface area contributed by atoms with Crippen LogP contribution in [0, 0.1) is 0 Å². The van der Waals surface area contributed by atoms with Crippen molar-refractivity contribution in [1.82, 2.24) is 5.32 Å². The Kier molecular flexibility index (Phi) is 55.5. The highest BCUT2D eigenvalue weighted by Crippen LogP contribution is 2.18. The Morgan fingerprint density at radius 1 is 0.418 bits per heavy atom. The van der Waals surface area contributed by atoms with Crippen molar-refractivity contribution >= 4 is 11.9 Å². The van der Waals surface area contributed by atoms with Gasteiger partial charge in [0.15, 0.2) is 0 Å². The minimum Gasteiger partial charge on any atom is -0.466 e. The van der Waals surface area contributed by atoms with Crippen molar-refractivity contribution in [3.8, 4) is 0 Å². The first-order chi connectivity index (χ1) is 33.0. The Bertz CT molecular complexity index is 1040. The van der Waals surface area contributed by atoms with Crippen LogP contribution in [0.25, 0.3) is 0 Å². The lowest BCUT2D eigenvalue weighted by molar-refractivity contribution is -0.143. The fourth-order valence-corrected chi connectivity index (χ4v) is 9.39. The van der Waals surface area contributed by atoms with Gasteiger partial charge in [-0.05, 0) is 51.4 Å². The summed E-state index contributed by atoms with van der Waals surface area (Å²) in [6.07, 6.45) is 68.9. The number of nitrogens with one attached hydrogen (secondary N) is 1. The van der Waals surface area contributed by atoms with E-state index in [0.29, 0.717) is 25.9 Å². The van der Waals surface area contributed by atoms with Gasteiger partial charge in [-0.15, -0.1) is 0 Å². The molecule has 0 aromatic rings. The fourth-order valence-electron chi connectivity index (χ4n) is 9.39. The molecule has 0 aliphatic carbocycles. The third kappa shape index (κ3) is 53.5. The van der Waals surface area contributed by atoms with E-state index in [1.165, 1.54) is 244 Å². The van der Waals surface area contributed by atoms with Gasteiger partial charge in [-0.2, -0.15) is 0 Å². The largest absolute Gasteiger partial charge is 0.466 e. The van der Waals surface area contributed by atoms with Crippen LogP contribution in [0.2, 0.25) is 0 Å². The van der Waals surface area contributed by atoms with Crippen molar-refractivity contribution in [3.63, 3.8) is 0 Å². The fraction of sp³-hybridized carbons (Fsp3) is 0.902. The molecule has 396 valence electrons. The van der Waals surface area contributed by atoms with E-state index < -0.39 is 12.1 Å². The smallest absolute Gasteiger partial charge is 0.305 e. The summed E-state index contributed by atoms with van der Waals surface area (Å²) in [6.45, 7) is 4.89. The van der Waals surface area contributed by atoms with Gasteiger partial charge in [0.1, 0.15) is 0 Å². The molecule has 0 heterocycles. The number of esters is 1. The number of carbonyl (C=O) groups excluding carboxylic acids is 2. The molecular formula is C61H117NO5. The van der Waals surface area contributed by atoms with Gasteiger partial charge in [-0.3, -0.25) is 9.59 Å². The average molecular weight is 945 g/mol. The first kappa shape index (κ1) is 65.3. The van der Waals surface area contributed by atoms with E-state index in [2.05, 4.69) is 43.5 Å². The highest BCUT2D eigenvalue weighted by atomic mass is 16.5. The van der Waals surface area contributed by atoms with Crippen LogP contribution in [0.1, 0.15) is 328 Å². The van der Waals surface area contributed by atoms with Gasteiger partial charge in [0.05, 0.1) is 25.4 Å². The van der Waals surface area contributed by atoms with Crippen molar-refractivity contribution in [3.05, 3.63) is 24.3 Å². The summed E-state index contributed by atoms with van der Waals surface area (Å²) in [7, 11) is 0. The lowest BCUT2D eigenvalue weighted by Gasteiger charge is -2.22. The van der Waals surface area contributed by atoms with Gasteiger partial charge < -0.3 is 20.3 Å². The molecular weight excluding hydrogens is 827 g/mol. The molecule has 2 unspecified atom stereocenters. The van der Waals surface area contributed by atoms with Crippen LogP contribution < -0.4 is 5.32 Å². The van der Waals surface area contributed by atoms with E-state index in [-0.39, 0.29) is 18.5 Å². The first-order valence-electron chi connectivity index (χ1n) is 30.1. The Balaban J connectivity index is 3.42. The van der Waals surface area contributed by atoms with Gasteiger partial charge in [-0.1, -0.05) is 289 Å². The summed E-state index contributed by atoms with van der Waals surface area (Å²) in [6, 6.07) is -0.546. The van der Waals surface area contributed by atoms with E-state index >= 15 is 0 Å². The van der Waals surface area contributed by atoms with Crippen molar-refractivity contribution in [2.75, 3.05) is 13.2 Å². The normalized spacial score (nSPS) is 12.7. The molecule has 1 amide bonds. The van der Waals surface area contributed by atoms with Crippen molar-refractivity contribution in [2.45, 2.75) is 341 Å². The van der Waals surface area contributed by atoms with Crippen LogP contribution >= 0.6 is 0 Å². The van der Waals surface area contributed by atoms with Gasteiger partial charge >= 0.3 is 5.97 Å². The second kappa shape index (κ2) is 56.9. The Morgan fingerprint density at radius 2 is 0.776 bits per heavy atom. The third-order valence-corrected chi connectivity index (χ3v) is 14.0. The molecule has 0 bridgehead atoms. The van der Waals surface area contributed by atoms with E-state index in [1.54, 1.807) is 0 Å². The summed E-state index contributed by atoms with van der Waals surface area (Å²) in [4.78, 5) is 24.5. The number of rotatable bonds is 56. The molecule has 0 aliphatic rings. The lowest BCUT2D eigenvalue weighted by atomic mass is 10.0. The zero-order valence-electron chi connectivity index (χ0n) is 45.1. The predicted molar refractivity (Wildman–Crippen MR) is 292 cm³/mol. The predicted octanol–water partition coefficient (Wildman–Crippen LogP) is 18.6. The molecule has 0 saturated carbocycles. The molecule has 0 fully saturated rings. The number of aliphatic hydroxyl groups excluding tert-OH is 2. The summed E-state index contributed by atoms with van der Waals surface area (Å²) < 4.78 is 5.46. The molecule has 3 N–H and O–H groups in total. The molecule has 6 heteroatoms. The van der Waals surface area contributed by atoms with E-state index in [0.717, 1.165) is 51.4 Å². The van der Waals surface area contributed by atoms with E-state index in [4.69, 9.17) is 4.74 Å². The molecule has 0 aromatic carbocycles. The molecule has 6 nitrogen and oxygen atoms in total. The summed E-state index contributed by atoms with van der Waals surface area (Å²) >= 11 is 0. The molecule has 0 saturated heterocycles. The minimum atomic E-state index is -0.669. The average Bonchev–Trinajstić information content (AvgIpc) is 3.33. The molecule has 2 atom stereocenters. The Hall–Kier alpha value is -1.66. The van der Waals surface area contributed by atoms with Crippen LogP contribution in [-0.4, -0.2) is 47.4 Å². The van der Waals surface area contributed by atoms with Gasteiger partial charge in [0.2, 0.25) is 5.91 Å². The number of allylic oxidation sites excluding steroid dienone is 4. The third-order valence-electron chi connectivity index (χ3n) is 14.0. The molecule has 0 aromatic heterocycles. The number of carbonyl (C=O) groups is 2. The standard InChI is InChI=1S/C61H117NO5/c1-3-5-7-9-11-13-15-17-18-19-20-21-23-26-30-33-37-41-45-49-53-59(64)58(57-63)62-60(65)54-50-46-42-38-34-31-27-24-22-25-28-32-36-40-44-48-52-56-67-61(66)55-51-47-43-39-35-29-16-14-12-10-8-6-4-2/h8,10,14,16,58-59,63-64H,3-7,9,11-13,15,17-57H2,1-2H3,(H,62,65)/b10-8-,16-14-.